The van der Waals surface area contributed by atoms with E-state index in [9.17, 15) is 30.0 Å². The van der Waals surface area contributed by atoms with Crippen molar-refractivity contribution in [2.45, 2.75) is 32.5 Å². The van der Waals surface area contributed by atoms with Crippen LogP contribution in [0.25, 0.3) is 43.1 Å². The zero-order valence-electron chi connectivity index (χ0n) is 33.6. The molecule has 0 spiro atoms. The Balaban J connectivity index is 0.972. The molecule has 8 aromatic carbocycles. The van der Waals surface area contributed by atoms with E-state index < -0.39 is 24.1 Å². The van der Waals surface area contributed by atoms with Gasteiger partial charge in [-0.1, -0.05) is 108 Å². The molecule has 0 radical (unpaired) electrons. The summed E-state index contributed by atoms with van der Waals surface area (Å²) in [6.45, 7) is 2.76. The number of aromatic hydroxyl groups is 2. The number of benzene rings is 8. The minimum absolute atomic E-state index is 0.000959. The van der Waals surface area contributed by atoms with E-state index in [0.717, 1.165) is 65.3 Å². The highest BCUT2D eigenvalue weighted by molar-refractivity contribution is 6.00. The summed E-state index contributed by atoms with van der Waals surface area (Å²) in [6.07, 6.45) is -2.03. The highest BCUT2D eigenvalue weighted by atomic mass is 16.6. The van der Waals surface area contributed by atoms with E-state index in [1.807, 2.05) is 123 Å². The molecule has 4 N–H and O–H groups in total. The van der Waals surface area contributed by atoms with Gasteiger partial charge in [0.25, 0.3) is 0 Å². The lowest BCUT2D eigenvalue weighted by molar-refractivity contribution is 0.0125. The lowest BCUT2D eigenvalue weighted by atomic mass is 9.93. The zero-order valence-corrected chi connectivity index (χ0v) is 33.6. The van der Waals surface area contributed by atoms with Crippen molar-refractivity contribution < 1.29 is 49.0 Å². The fourth-order valence-electron chi connectivity index (χ4n) is 7.55. The highest BCUT2D eigenvalue weighted by Gasteiger charge is 2.21. The van der Waals surface area contributed by atoms with E-state index in [2.05, 4.69) is 0 Å². The number of rotatable bonds is 14. The van der Waals surface area contributed by atoms with Crippen molar-refractivity contribution in [1.82, 2.24) is 0 Å². The first-order valence-corrected chi connectivity index (χ1v) is 19.9. The van der Waals surface area contributed by atoms with Gasteiger partial charge in [-0.25, -0.2) is 9.59 Å². The molecule has 10 nitrogen and oxygen atoms in total. The van der Waals surface area contributed by atoms with Gasteiger partial charge in [-0.05, 0) is 93.3 Å². The third-order valence-corrected chi connectivity index (χ3v) is 10.7. The summed E-state index contributed by atoms with van der Waals surface area (Å²) >= 11 is 0. The number of ether oxygens (including phenoxy) is 4. The summed E-state index contributed by atoms with van der Waals surface area (Å²) in [5, 5.41) is 49.9. The Morgan fingerprint density at radius 2 is 0.885 bits per heavy atom. The Bertz CT molecular complexity index is 2740. The molecule has 0 saturated carbocycles. The van der Waals surface area contributed by atoms with Crippen LogP contribution < -0.4 is 9.47 Å². The molecular formula is C51H44O10. The second-order valence-corrected chi connectivity index (χ2v) is 15.3. The Kier molecular flexibility index (Phi) is 11.7. The Hall–Kier alpha value is -7.14. The molecule has 2 unspecified atom stereocenters. The molecule has 61 heavy (non-hydrogen) atoms. The van der Waals surface area contributed by atoms with E-state index in [1.165, 1.54) is 12.1 Å². The summed E-state index contributed by atoms with van der Waals surface area (Å²) in [5.74, 6) is -0.949. The molecule has 2 atom stereocenters. The van der Waals surface area contributed by atoms with Gasteiger partial charge < -0.3 is 39.4 Å². The molecule has 0 saturated heterocycles. The normalized spacial score (nSPS) is 12.4. The third kappa shape index (κ3) is 9.06. The van der Waals surface area contributed by atoms with Gasteiger partial charge in [-0.2, -0.15) is 0 Å². The van der Waals surface area contributed by atoms with Crippen molar-refractivity contribution in [3.63, 3.8) is 0 Å². The number of carbonyl (C=O) groups is 2. The van der Waals surface area contributed by atoms with Gasteiger partial charge in [0.1, 0.15) is 72.8 Å². The van der Waals surface area contributed by atoms with E-state index in [4.69, 9.17) is 18.9 Å². The summed E-state index contributed by atoms with van der Waals surface area (Å²) < 4.78 is 23.3. The molecule has 0 fully saturated rings. The Morgan fingerprint density at radius 3 is 1.33 bits per heavy atom. The molecule has 0 bridgehead atoms. The van der Waals surface area contributed by atoms with Crippen molar-refractivity contribution >= 4 is 55.0 Å². The molecule has 8 rings (SSSR count). The van der Waals surface area contributed by atoms with Crippen LogP contribution in [0.15, 0.2) is 133 Å². The molecule has 10 heteroatoms. The second-order valence-electron chi connectivity index (χ2n) is 15.3. The van der Waals surface area contributed by atoms with Gasteiger partial charge >= 0.3 is 11.9 Å². The number of fused-ring (bicyclic) bond motifs is 4. The summed E-state index contributed by atoms with van der Waals surface area (Å²) in [5.41, 5.74) is 3.65. The minimum atomic E-state index is -1.19. The lowest BCUT2D eigenvalue weighted by Crippen LogP contribution is -2.26. The molecule has 8 aromatic rings. The van der Waals surface area contributed by atoms with Crippen molar-refractivity contribution in [2.75, 3.05) is 26.4 Å². The molecule has 308 valence electrons. The van der Waals surface area contributed by atoms with Crippen molar-refractivity contribution in [2.24, 2.45) is 0 Å². The summed E-state index contributed by atoms with van der Waals surface area (Å²) in [7, 11) is 0. The molecule has 0 amide bonds. The van der Waals surface area contributed by atoms with Crippen molar-refractivity contribution in [1.29, 1.82) is 0 Å². The fourth-order valence-corrected chi connectivity index (χ4v) is 7.55. The average Bonchev–Trinajstić information content (AvgIpc) is 3.26. The summed E-state index contributed by atoms with van der Waals surface area (Å²) in [4.78, 5) is 26.0. The number of aliphatic hydroxyl groups is 2. The van der Waals surface area contributed by atoms with Crippen LogP contribution in [-0.4, -0.2) is 71.0 Å². The van der Waals surface area contributed by atoms with Gasteiger partial charge in [0.05, 0.1) is 0 Å². The van der Waals surface area contributed by atoms with Crippen molar-refractivity contribution in [3.8, 4) is 23.0 Å². The molecule has 0 aromatic heterocycles. The van der Waals surface area contributed by atoms with Gasteiger partial charge in [-0.3, -0.25) is 0 Å². The average molecular weight is 817 g/mol. The molecule has 0 aliphatic rings. The monoisotopic (exact) mass is 816 g/mol. The topological polar surface area (TPSA) is 152 Å². The molecule has 0 heterocycles. The van der Waals surface area contributed by atoms with Crippen LogP contribution >= 0.6 is 0 Å². The number of phenolic OH excluding ortho intramolecular Hbond substituents is 2. The Morgan fingerprint density at radius 1 is 0.475 bits per heavy atom. The maximum Gasteiger partial charge on any atom is 0.342 e. The predicted molar refractivity (Wildman–Crippen MR) is 235 cm³/mol. The fraction of sp³-hybridized carbons (Fsp3) is 0.176. The number of hydrogen-bond donors (Lipinski definition) is 4. The van der Waals surface area contributed by atoms with E-state index in [0.29, 0.717) is 17.9 Å². The lowest BCUT2D eigenvalue weighted by Gasteiger charge is -2.20. The molecule has 0 aliphatic carbocycles. The minimum Gasteiger partial charge on any atom is -0.507 e. The zero-order chi connectivity index (χ0) is 42.6. The van der Waals surface area contributed by atoms with E-state index in [1.54, 1.807) is 12.1 Å². The molecule has 0 aliphatic heterocycles. The first kappa shape index (κ1) is 40.6. The van der Waals surface area contributed by atoms with Crippen LogP contribution in [0.4, 0.5) is 0 Å². The van der Waals surface area contributed by atoms with Crippen LogP contribution in [0.2, 0.25) is 0 Å². The maximum absolute atomic E-state index is 13.0. The SMILES string of the molecule is Cc1ccc2cc(O)c(C(=O)OCC(O)COc3ccc4ccccc4c3Cc3c(OCC(O)COC(=O)c4cc5cc(C)ccc5cc4O)ccc4ccccc34)cc2c1. The number of aliphatic hydroxyl groups excluding tert-OH is 2. The van der Waals surface area contributed by atoms with Crippen LogP contribution in [0.5, 0.6) is 23.0 Å². The summed E-state index contributed by atoms with van der Waals surface area (Å²) in [6, 6.07) is 40.8. The number of hydrogen-bond acceptors (Lipinski definition) is 10. The number of aryl methyl sites for hydroxylation is 2. The highest BCUT2D eigenvalue weighted by Crippen LogP contribution is 2.37. The Labute approximate surface area is 351 Å². The van der Waals surface area contributed by atoms with Gasteiger partial charge in [0.15, 0.2) is 0 Å². The first-order valence-electron chi connectivity index (χ1n) is 19.9. The van der Waals surface area contributed by atoms with Gasteiger partial charge in [0, 0.05) is 17.5 Å². The first-order chi connectivity index (χ1) is 29.5. The molecular weight excluding hydrogens is 773 g/mol. The largest absolute Gasteiger partial charge is 0.507 e. The maximum atomic E-state index is 13.0. The number of phenols is 2. The standard InChI is InChI=1S/C51H44O10/c1-30-11-13-34-23-46(54)44(21-36(34)19-30)50(56)60-28-38(52)26-58-48-17-15-32-7-3-5-9-40(32)42(48)25-43-41-10-6-4-8-33(41)16-18-49(43)59-27-39(53)29-61-51(57)45-22-37-20-31(2)12-14-35(37)24-47(45)55/h3-24,38-39,52-55H,25-29H2,1-2H3. The predicted octanol–water partition coefficient (Wildman–Crippen LogP) is 9.11. The van der Waals surface area contributed by atoms with Crippen LogP contribution in [0.3, 0.4) is 0 Å². The second kappa shape index (κ2) is 17.6. The number of esters is 2. The quantitative estimate of drug-likeness (QED) is 0.0783. The van der Waals surface area contributed by atoms with Crippen molar-refractivity contribution in [3.05, 3.63) is 167 Å². The van der Waals surface area contributed by atoms with Gasteiger partial charge in [-0.15, -0.1) is 0 Å². The van der Waals surface area contributed by atoms with Gasteiger partial charge in [0.2, 0.25) is 0 Å². The number of carbonyl (C=O) groups excluding carboxylic acids is 2. The van der Waals surface area contributed by atoms with E-state index >= 15 is 0 Å². The third-order valence-electron chi connectivity index (χ3n) is 10.7. The van der Waals surface area contributed by atoms with Crippen LogP contribution in [-0.2, 0) is 15.9 Å². The van der Waals surface area contributed by atoms with Crippen LogP contribution in [0, 0.1) is 13.8 Å². The van der Waals surface area contributed by atoms with Crippen LogP contribution in [0.1, 0.15) is 43.0 Å². The smallest absolute Gasteiger partial charge is 0.342 e. The van der Waals surface area contributed by atoms with E-state index in [-0.39, 0.29) is 49.1 Å².